The van der Waals surface area contributed by atoms with E-state index in [1.54, 1.807) is 7.05 Å². The topological polar surface area (TPSA) is 83.0 Å². The Morgan fingerprint density at radius 1 is 1.27 bits per heavy atom. The summed E-state index contributed by atoms with van der Waals surface area (Å²) in [7, 11) is -1.42. The van der Waals surface area contributed by atoms with Crippen molar-refractivity contribution in [2.75, 3.05) is 39.5 Å². The molecule has 0 aliphatic carbocycles. The van der Waals surface area contributed by atoms with E-state index in [0.717, 1.165) is 16.9 Å². The van der Waals surface area contributed by atoms with Gasteiger partial charge in [-0.15, -0.1) is 0 Å². The molecule has 0 heterocycles. The van der Waals surface area contributed by atoms with Crippen molar-refractivity contribution >= 4 is 16.0 Å². The lowest BCUT2D eigenvalue weighted by Gasteiger charge is -2.18. The van der Waals surface area contributed by atoms with Crippen molar-refractivity contribution in [2.45, 2.75) is 33.7 Å². The van der Waals surface area contributed by atoms with Gasteiger partial charge in [0.1, 0.15) is 5.75 Å². The number of sulfonamides is 1. The van der Waals surface area contributed by atoms with Crippen LogP contribution < -0.4 is 15.4 Å². The first-order valence-corrected chi connectivity index (χ1v) is 10.8. The van der Waals surface area contributed by atoms with Crippen LogP contribution in [-0.4, -0.2) is 58.2 Å². The van der Waals surface area contributed by atoms with Crippen LogP contribution in [0.4, 0.5) is 0 Å². The molecule has 8 heteroatoms. The number of hydrogen-bond acceptors (Lipinski definition) is 4. The van der Waals surface area contributed by atoms with Crippen molar-refractivity contribution in [3.05, 3.63) is 29.3 Å². The molecule has 1 rings (SSSR count). The molecule has 0 bridgehead atoms. The summed E-state index contributed by atoms with van der Waals surface area (Å²) in [6, 6.07) is 6.13. The molecule has 0 saturated heterocycles. The highest BCUT2D eigenvalue weighted by Crippen LogP contribution is 2.20. The van der Waals surface area contributed by atoms with E-state index in [2.05, 4.69) is 21.7 Å². The normalized spacial score (nSPS) is 12.3. The van der Waals surface area contributed by atoms with E-state index in [9.17, 15) is 8.42 Å². The van der Waals surface area contributed by atoms with E-state index in [1.165, 1.54) is 10.6 Å². The van der Waals surface area contributed by atoms with Crippen LogP contribution in [0.3, 0.4) is 0 Å². The lowest BCUT2D eigenvalue weighted by molar-refractivity contribution is 0.336. The fourth-order valence-electron chi connectivity index (χ4n) is 2.52. The number of nitrogens with one attached hydrogen (secondary N) is 2. The summed E-state index contributed by atoms with van der Waals surface area (Å²) in [5, 5.41) is 6.47. The zero-order chi connectivity index (χ0) is 19.6. The third-order valence-corrected chi connectivity index (χ3v) is 5.27. The molecule has 2 N–H and O–H groups in total. The lowest BCUT2D eigenvalue weighted by Crippen LogP contribution is -2.39. The third kappa shape index (κ3) is 7.61. The van der Waals surface area contributed by atoms with Gasteiger partial charge in [-0.05, 0) is 31.9 Å². The molecule has 148 valence electrons. The summed E-state index contributed by atoms with van der Waals surface area (Å²) in [6.07, 6.45) is 1.94. The average molecular weight is 385 g/mol. The Morgan fingerprint density at radius 2 is 2.00 bits per heavy atom. The molecule has 0 saturated carbocycles. The van der Waals surface area contributed by atoms with Gasteiger partial charge in [0.2, 0.25) is 10.0 Å². The van der Waals surface area contributed by atoms with E-state index in [0.29, 0.717) is 45.2 Å². The van der Waals surface area contributed by atoms with Crippen LogP contribution >= 0.6 is 0 Å². The highest BCUT2D eigenvalue weighted by molar-refractivity contribution is 7.88. The maximum absolute atomic E-state index is 11.6. The van der Waals surface area contributed by atoms with E-state index in [-0.39, 0.29) is 0 Å². The molecule has 0 unspecified atom stereocenters. The Bertz CT molecular complexity index is 690. The number of hydrogen-bond donors (Lipinski definition) is 2. The smallest absolute Gasteiger partial charge is 0.211 e. The standard InChI is InChI=1S/C18H32N4O3S/c1-6-22(26(5,23)24)12-8-11-20-18(19-4)21-14-16-10-9-15(3)13-17(16)25-7-2/h9-10,13H,6-8,11-12,14H2,1-5H3,(H2,19,20,21). The summed E-state index contributed by atoms with van der Waals surface area (Å²) >= 11 is 0. The molecular formula is C18H32N4O3S. The zero-order valence-electron chi connectivity index (χ0n) is 16.5. The van der Waals surface area contributed by atoms with Crippen molar-refractivity contribution in [1.82, 2.24) is 14.9 Å². The molecular weight excluding hydrogens is 352 g/mol. The summed E-state index contributed by atoms with van der Waals surface area (Å²) in [5.74, 6) is 1.55. The van der Waals surface area contributed by atoms with Crippen molar-refractivity contribution in [1.29, 1.82) is 0 Å². The first-order valence-electron chi connectivity index (χ1n) is 8.93. The maximum atomic E-state index is 11.6. The van der Waals surface area contributed by atoms with Crippen LogP contribution in [0.1, 0.15) is 31.4 Å². The van der Waals surface area contributed by atoms with Crippen LogP contribution in [-0.2, 0) is 16.6 Å². The van der Waals surface area contributed by atoms with E-state index >= 15 is 0 Å². The molecule has 0 radical (unpaired) electrons. The molecule has 0 amide bonds. The van der Waals surface area contributed by atoms with E-state index in [4.69, 9.17) is 4.74 Å². The zero-order valence-corrected chi connectivity index (χ0v) is 17.3. The Hall–Kier alpha value is -1.80. The van der Waals surface area contributed by atoms with Gasteiger partial charge in [-0.2, -0.15) is 0 Å². The van der Waals surface area contributed by atoms with Crippen LogP contribution in [0, 0.1) is 6.92 Å². The van der Waals surface area contributed by atoms with Gasteiger partial charge < -0.3 is 15.4 Å². The number of aryl methyl sites for hydroxylation is 1. The van der Waals surface area contributed by atoms with Gasteiger partial charge in [0, 0.05) is 38.8 Å². The molecule has 1 aromatic carbocycles. The van der Waals surface area contributed by atoms with E-state index < -0.39 is 10.0 Å². The number of aliphatic imine (C=N–C) groups is 1. The van der Waals surface area contributed by atoms with Gasteiger partial charge in [-0.25, -0.2) is 12.7 Å². The summed E-state index contributed by atoms with van der Waals surface area (Å²) in [4.78, 5) is 4.20. The summed E-state index contributed by atoms with van der Waals surface area (Å²) in [6.45, 7) is 8.68. The first-order chi connectivity index (χ1) is 12.3. The number of ether oxygens (including phenoxy) is 1. The van der Waals surface area contributed by atoms with E-state index in [1.807, 2.05) is 32.9 Å². The Kier molecular flexibility index (Phi) is 9.43. The third-order valence-electron chi connectivity index (χ3n) is 3.89. The second-order valence-corrected chi connectivity index (χ2v) is 7.99. The number of benzene rings is 1. The van der Waals surface area contributed by atoms with Gasteiger partial charge in [-0.1, -0.05) is 19.1 Å². The fraction of sp³-hybridized carbons (Fsp3) is 0.611. The predicted octanol–water partition coefficient (Wildman–Crippen LogP) is 1.73. The fourth-order valence-corrected chi connectivity index (χ4v) is 3.45. The number of guanidine groups is 1. The highest BCUT2D eigenvalue weighted by atomic mass is 32.2. The molecule has 0 aromatic heterocycles. The van der Waals surface area contributed by atoms with Gasteiger partial charge in [-0.3, -0.25) is 4.99 Å². The Morgan fingerprint density at radius 3 is 2.58 bits per heavy atom. The van der Waals surface area contributed by atoms with Gasteiger partial charge in [0.15, 0.2) is 5.96 Å². The molecule has 1 aromatic rings. The molecule has 0 atom stereocenters. The van der Waals surface area contributed by atoms with Gasteiger partial charge >= 0.3 is 0 Å². The molecule has 0 fully saturated rings. The quantitative estimate of drug-likeness (QED) is 0.365. The van der Waals surface area contributed by atoms with Crippen molar-refractivity contribution in [3.63, 3.8) is 0 Å². The minimum Gasteiger partial charge on any atom is -0.494 e. The largest absolute Gasteiger partial charge is 0.494 e. The SMILES string of the molecule is CCOc1cc(C)ccc1CNC(=NC)NCCCN(CC)S(C)(=O)=O. The maximum Gasteiger partial charge on any atom is 0.211 e. The lowest BCUT2D eigenvalue weighted by atomic mass is 10.1. The summed E-state index contributed by atoms with van der Waals surface area (Å²) in [5.41, 5.74) is 2.22. The van der Waals surface area contributed by atoms with Crippen molar-refractivity contribution in [3.8, 4) is 5.75 Å². The second kappa shape index (κ2) is 11.0. The summed E-state index contributed by atoms with van der Waals surface area (Å²) < 4.78 is 30.3. The predicted molar refractivity (Wildman–Crippen MR) is 107 cm³/mol. The molecule has 7 nitrogen and oxygen atoms in total. The van der Waals surface area contributed by atoms with Gasteiger partial charge in [0.25, 0.3) is 0 Å². The van der Waals surface area contributed by atoms with Gasteiger partial charge in [0.05, 0.1) is 12.9 Å². The second-order valence-electron chi connectivity index (χ2n) is 6.00. The van der Waals surface area contributed by atoms with Crippen LogP contribution in [0.2, 0.25) is 0 Å². The Labute approximate surface area is 157 Å². The van der Waals surface area contributed by atoms with Crippen molar-refractivity contribution in [2.24, 2.45) is 4.99 Å². The molecule has 0 aliphatic rings. The molecule has 26 heavy (non-hydrogen) atoms. The Balaban J connectivity index is 2.49. The van der Waals surface area contributed by atoms with Crippen LogP contribution in [0.15, 0.2) is 23.2 Å². The average Bonchev–Trinajstić information content (AvgIpc) is 2.58. The first kappa shape index (κ1) is 22.2. The minimum atomic E-state index is -3.14. The molecule has 0 aliphatic heterocycles. The number of nitrogens with zero attached hydrogens (tertiary/aromatic N) is 2. The number of rotatable bonds is 10. The molecule has 0 spiro atoms. The van der Waals surface area contributed by atoms with Crippen LogP contribution in [0.25, 0.3) is 0 Å². The highest BCUT2D eigenvalue weighted by Gasteiger charge is 2.13. The van der Waals surface area contributed by atoms with Crippen LogP contribution in [0.5, 0.6) is 5.75 Å². The minimum absolute atomic E-state index is 0.486. The van der Waals surface area contributed by atoms with Crippen molar-refractivity contribution < 1.29 is 13.2 Å². The monoisotopic (exact) mass is 384 g/mol.